The standard InChI is InChI=1S/C16H17I2NO5S/c1-25(22,23)19-11(9-20)6-10-7-14(17)16(15(18)8-10)24-13-4-2-12(21)3-5-13/h2-5,7-8,11,19-21H,6,9H2,1H3/t11-/m0/s1. The molecule has 0 aliphatic heterocycles. The highest BCUT2D eigenvalue weighted by Crippen LogP contribution is 2.33. The quantitative estimate of drug-likeness (QED) is 0.432. The van der Waals surface area contributed by atoms with Gasteiger partial charge >= 0.3 is 0 Å². The summed E-state index contributed by atoms with van der Waals surface area (Å²) in [4.78, 5) is 0. The molecule has 0 amide bonds. The first-order valence-corrected chi connectivity index (χ1v) is 11.3. The molecule has 1 atom stereocenters. The third-order valence-electron chi connectivity index (χ3n) is 3.20. The van der Waals surface area contributed by atoms with Crippen molar-refractivity contribution >= 4 is 55.2 Å². The number of aromatic hydroxyl groups is 1. The number of hydrogen-bond donors (Lipinski definition) is 3. The van der Waals surface area contributed by atoms with Crippen LogP contribution in [0.1, 0.15) is 5.56 Å². The zero-order valence-corrected chi connectivity index (χ0v) is 18.4. The van der Waals surface area contributed by atoms with Crippen LogP contribution in [0.25, 0.3) is 0 Å². The molecule has 0 radical (unpaired) electrons. The minimum atomic E-state index is -3.39. The van der Waals surface area contributed by atoms with Crippen molar-refractivity contribution in [3.63, 3.8) is 0 Å². The van der Waals surface area contributed by atoms with Crippen LogP contribution in [0.5, 0.6) is 17.2 Å². The molecule has 6 nitrogen and oxygen atoms in total. The van der Waals surface area contributed by atoms with E-state index in [0.29, 0.717) is 17.9 Å². The molecular formula is C16H17I2NO5S. The van der Waals surface area contributed by atoms with Crippen molar-refractivity contribution in [2.75, 3.05) is 12.9 Å². The van der Waals surface area contributed by atoms with E-state index >= 15 is 0 Å². The van der Waals surface area contributed by atoms with Gasteiger partial charge in [-0.25, -0.2) is 13.1 Å². The average molecular weight is 589 g/mol. The number of halogens is 2. The van der Waals surface area contributed by atoms with E-state index in [4.69, 9.17) is 4.74 Å². The maximum Gasteiger partial charge on any atom is 0.209 e. The van der Waals surface area contributed by atoms with Crippen LogP contribution < -0.4 is 9.46 Å². The molecule has 0 fully saturated rings. The molecule has 0 saturated heterocycles. The SMILES string of the molecule is CS(=O)(=O)N[C@H](CO)Cc1cc(I)c(Oc2ccc(O)cc2)c(I)c1. The maximum absolute atomic E-state index is 11.3. The summed E-state index contributed by atoms with van der Waals surface area (Å²) in [6, 6.07) is 9.65. The number of nitrogens with one attached hydrogen (secondary N) is 1. The van der Waals surface area contributed by atoms with Crippen LogP contribution in [0.4, 0.5) is 0 Å². The van der Waals surface area contributed by atoms with Gasteiger partial charge in [-0.2, -0.15) is 0 Å². The Hall–Kier alpha value is -0.630. The molecule has 3 N–H and O–H groups in total. The largest absolute Gasteiger partial charge is 0.508 e. The van der Waals surface area contributed by atoms with Crippen LogP contribution in [0.15, 0.2) is 36.4 Å². The number of rotatable bonds is 7. The lowest BCUT2D eigenvalue weighted by molar-refractivity contribution is 0.256. The molecule has 2 aromatic rings. The Morgan fingerprint density at radius 2 is 1.72 bits per heavy atom. The van der Waals surface area contributed by atoms with E-state index in [2.05, 4.69) is 49.9 Å². The third kappa shape index (κ3) is 6.55. The van der Waals surface area contributed by atoms with Crippen molar-refractivity contribution in [3.05, 3.63) is 49.1 Å². The van der Waals surface area contributed by atoms with Gasteiger partial charge in [0.15, 0.2) is 5.75 Å². The Bertz CT molecular complexity index is 817. The van der Waals surface area contributed by atoms with E-state index in [0.717, 1.165) is 19.0 Å². The van der Waals surface area contributed by atoms with Crippen LogP contribution in [-0.2, 0) is 16.4 Å². The third-order valence-corrected chi connectivity index (χ3v) is 5.56. The van der Waals surface area contributed by atoms with Crippen molar-refractivity contribution in [2.45, 2.75) is 12.5 Å². The molecule has 0 heterocycles. The van der Waals surface area contributed by atoms with E-state index in [9.17, 15) is 18.6 Å². The molecule has 0 saturated carbocycles. The number of aliphatic hydroxyl groups is 1. The highest BCUT2D eigenvalue weighted by molar-refractivity contribution is 14.1. The van der Waals surface area contributed by atoms with Crippen molar-refractivity contribution < 1.29 is 23.4 Å². The van der Waals surface area contributed by atoms with Gasteiger partial charge in [0.2, 0.25) is 10.0 Å². The van der Waals surface area contributed by atoms with E-state index in [1.54, 1.807) is 24.3 Å². The molecule has 0 aromatic heterocycles. The number of aliphatic hydroxyl groups excluding tert-OH is 1. The minimum Gasteiger partial charge on any atom is -0.508 e. The van der Waals surface area contributed by atoms with Crippen LogP contribution in [0.2, 0.25) is 0 Å². The fraction of sp³-hybridized carbons (Fsp3) is 0.250. The Kier molecular flexibility index (Phi) is 7.31. The van der Waals surface area contributed by atoms with E-state index in [1.807, 2.05) is 12.1 Å². The summed E-state index contributed by atoms with van der Waals surface area (Å²) in [5.74, 6) is 1.46. The monoisotopic (exact) mass is 589 g/mol. The van der Waals surface area contributed by atoms with Crippen molar-refractivity contribution in [3.8, 4) is 17.2 Å². The first-order valence-electron chi connectivity index (χ1n) is 7.21. The van der Waals surface area contributed by atoms with Crippen LogP contribution in [0.3, 0.4) is 0 Å². The predicted molar refractivity (Wildman–Crippen MR) is 113 cm³/mol. The van der Waals surface area contributed by atoms with Gasteiger partial charge in [-0.3, -0.25) is 0 Å². The Labute approximate surface area is 173 Å². The molecule has 0 aliphatic carbocycles. The number of phenols is 1. The summed E-state index contributed by atoms with van der Waals surface area (Å²) in [6.45, 7) is -0.286. The van der Waals surface area contributed by atoms with Crippen molar-refractivity contribution in [1.82, 2.24) is 4.72 Å². The summed E-state index contributed by atoms with van der Waals surface area (Å²) in [6.07, 6.45) is 1.44. The fourth-order valence-electron chi connectivity index (χ4n) is 2.19. The summed E-state index contributed by atoms with van der Waals surface area (Å²) in [5, 5.41) is 18.7. The minimum absolute atomic E-state index is 0.167. The second kappa shape index (κ2) is 8.84. The van der Waals surface area contributed by atoms with Gasteiger partial charge in [0.05, 0.1) is 20.0 Å². The normalized spacial score (nSPS) is 12.8. The topological polar surface area (TPSA) is 95.9 Å². The van der Waals surface area contributed by atoms with E-state index < -0.39 is 16.1 Å². The number of phenolic OH excluding ortho intramolecular Hbond substituents is 1. The van der Waals surface area contributed by atoms with Gasteiger partial charge in [-0.15, -0.1) is 0 Å². The lowest BCUT2D eigenvalue weighted by atomic mass is 10.1. The molecular weight excluding hydrogens is 572 g/mol. The Morgan fingerprint density at radius 1 is 1.16 bits per heavy atom. The Morgan fingerprint density at radius 3 is 2.20 bits per heavy atom. The lowest BCUT2D eigenvalue weighted by Gasteiger charge is -2.17. The molecule has 0 bridgehead atoms. The molecule has 136 valence electrons. The second-order valence-electron chi connectivity index (χ2n) is 5.46. The van der Waals surface area contributed by atoms with Gasteiger partial charge < -0.3 is 14.9 Å². The first kappa shape index (κ1) is 20.7. The number of hydrogen-bond acceptors (Lipinski definition) is 5. The summed E-state index contributed by atoms with van der Waals surface area (Å²) >= 11 is 4.30. The first-order chi connectivity index (χ1) is 11.7. The molecule has 25 heavy (non-hydrogen) atoms. The number of benzene rings is 2. The molecule has 0 spiro atoms. The van der Waals surface area contributed by atoms with Gasteiger partial charge in [0.1, 0.15) is 11.5 Å². The molecule has 2 rings (SSSR count). The van der Waals surface area contributed by atoms with E-state index in [1.165, 1.54) is 0 Å². The van der Waals surface area contributed by atoms with Gasteiger partial charge in [-0.05, 0) is 93.6 Å². The zero-order valence-electron chi connectivity index (χ0n) is 13.2. The maximum atomic E-state index is 11.3. The predicted octanol–water partition coefficient (Wildman–Crippen LogP) is 2.85. The Balaban J connectivity index is 2.20. The smallest absolute Gasteiger partial charge is 0.209 e. The summed E-state index contributed by atoms with van der Waals surface area (Å²) < 4.78 is 32.7. The molecule has 0 aliphatic rings. The average Bonchev–Trinajstić information content (AvgIpc) is 2.50. The van der Waals surface area contributed by atoms with Crippen molar-refractivity contribution in [2.24, 2.45) is 0 Å². The van der Waals surface area contributed by atoms with Crippen molar-refractivity contribution in [1.29, 1.82) is 0 Å². The van der Waals surface area contributed by atoms with Crippen LogP contribution in [0, 0.1) is 7.14 Å². The van der Waals surface area contributed by atoms with Gasteiger partial charge in [0.25, 0.3) is 0 Å². The number of sulfonamides is 1. The fourth-order valence-corrected chi connectivity index (χ4v) is 5.07. The molecule has 0 unspecified atom stereocenters. The molecule has 9 heteroatoms. The van der Waals surface area contributed by atoms with E-state index in [-0.39, 0.29) is 12.4 Å². The zero-order chi connectivity index (χ0) is 18.6. The summed E-state index contributed by atoms with van der Waals surface area (Å²) in [5.41, 5.74) is 0.891. The highest BCUT2D eigenvalue weighted by atomic mass is 127. The molecule has 2 aromatic carbocycles. The van der Waals surface area contributed by atoms with Crippen LogP contribution in [-0.4, -0.2) is 37.5 Å². The van der Waals surface area contributed by atoms with Crippen LogP contribution >= 0.6 is 45.2 Å². The summed E-state index contributed by atoms with van der Waals surface area (Å²) in [7, 11) is -3.39. The number of ether oxygens (including phenoxy) is 1. The van der Waals surface area contributed by atoms with Gasteiger partial charge in [-0.1, -0.05) is 0 Å². The van der Waals surface area contributed by atoms with Gasteiger partial charge in [0, 0.05) is 6.04 Å². The highest BCUT2D eigenvalue weighted by Gasteiger charge is 2.16. The second-order valence-corrected chi connectivity index (χ2v) is 9.56. The lowest BCUT2D eigenvalue weighted by Crippen LogP contribution is -2.38.